The Morgan fingerprint density at radius 1 is 1.21 bits per heavy atom. The number of halogens is 1. The summed E-state index contributed by atoms with van der Waals surface area (Å²) in [7, 11) is -3.18. The smallest absolute Gasteiger partial charge is 0.270 e. The second-order valence-electron chi connectivity index (χ2n) is 6.63. The van der Waals surface area contributed by atoms with Crippen LogP contribution in [-0.2, 0) is 14.6 Å². The SMILES string of the molecule is CS(=O)(=O)CCCN1C(=O)CN=C(c2ccccc2Cl)c2cc([N+](=O)[O-])ccc21. The average Bonchev–Trinajstić information content (AvgIpc) is 2.78. The molecule has 0 N–H and O–H groups in total. The van der Waals surface area contributed by atoms with Crippen LogP contribution in [-0.4, -0.2) is 50.1 Å². The van der Waals surface area contributed by atoms with Crippen molar-refractivity contribution < 1.29 is 18.1 Å². The van der Waals surface area contributed by atoms with Gasteiger partial charge in [0.05, 0.1) is 22.1 Å². The Morgan fingerprint density at radius 2 is 1.93 bits per heavy atom. The Labute approximate surface area is 172 Å². The molecule has 0 aromatic heterocycles. The Morgan fingerprint density at radius 3 is 2.59 bits per heavy atom. The number of carbonyl (C=O) groups excluding carboxylic acids is 1. The number of nitrogens with zero attached hydrogens (tertiary/aromatic N) is 3. The van der Waals surface area contributed by atoms with E-state index < -0.39 is 14.8 Å². The quantitative estimate of drug-likeness (QED) is 0.511. The fraction of sp³-hybridized carbons (Fsp3) is 0.263. The normalized spacial score (nSPS) is 14.2. The molecule has 0 saturated carbocycles. The Hall–Kier alpha value is -2.78. The number of benzodiazepines with no additional fused rings is 1. The van der Waals surface area contributed by atoms with Crippen LogP contribution in [0.5, 0.6) is 0 Å². The molecule has 0 radical (unpaired) electrons. The van der Waals surface area contributed by atoms with Crippen molar-refractivity contribution in [3.05, 3.63) is 68.7 Å². The minimum absolute atomic E-state index is 0.0721. The van der Waals surface area contributed by atoms with E-state index in [0.29, 0.717) is 27.5 Å². The number of nitro groups is 1. The lowest BCUT2D eigenvalue weighted by Crippen LogP contribution is -2.34. The van der Waals surface area contributed by atoms with Crippen molar-refractivity contribution >= 4 is 44.4 Å². The number of hydrogen-bond donors (Lipinski definition) is 0. The van der Waals surface area contributed by atoms with Crippen LogP contribution in [0.25, 0.3) is 0 Å². The second kappa shape index (κ2) is 8.30. The fourth-order valence-electron chi connectivity index (χ4n) is 3.13. The van der Waals surface area contributed by atoms with Gasteiger partial charge in [-0.05, 0) is 18.6 Å². The van der Waals surface area contributed by atoms with Gasteiger partial charge in [0.15, 0.2) is 0 Å². The van der Waals surface area contributed by atoms with Crippen LogP contribution in [0.1, 0.15) is 17.5 Å². The first-order valence-electron chi connectivity index (χ1n) is 8.73. The van der Waals surface area contributed by atoms with Gasteiger partial charge < -0.3 is 4.90 Å². The standard InChI is InChI=1S/C19H18ClN3O5S/c1-29(27,28)10-4-9-22-17-8-7-13(23(25)26)11-15(17)19(21-12-18(22)24)14-5-2-3-6-16(14)20/h2-3,5-8,11H,4,9-10,12H2,1H3. The molecule has 1 heterocycles. The summed E-state index contributed by atoms with van der Waals surface area (Å²) in [6, 6.07) is 11.1. The molecule has 2 aromatic rings. The first-order valence-corrected chi connectivity index (χ1v) is 11.2. The van der Waals surface area contributed by atoms with Crippen LogP contribution < -0.4 is 4.90 Å². The molecule has 29 heavy (non-hydrogen) atoms. The summed E-state index contributed by atoms with van der Waals surface area (Å²) < 4.78 is 22.9. The van der Waals surface area contributed by atoms with Crippen molar-refractivity contribution in [1.82, 2.24) is 0 Å². The van der Waals surface area contributed by atoms with E-state index >= 15 is 0 Å². The fourth-order valence-corrected chi connectivity index (χ4v) is 4.01. The maximum atomic E-state index is 12.7. The van der Waals surface area contributed by atoms with Gasteiger partial charge in [0, 0.05) is 41.1 Å². The van der Waals surface area contributed by atoms with E-state index in [1.165, 1.54) is 23.1 Å². The molecule has 0 bridgehead atoms. The zero-order chi connectivity index (χ0) is 21.2. The summed E-state index contributed by atoms with van der Waals surface area (Å²) in [6.07, 6.45) is 1.37. The van der Waals surface area contributed by atoms with E-state index in [1.807, 2.05) is 0 Å². The topological polar surface area (TPSA) is 110 Å². The number of benzene rings is 2. The largest absolute Gasteiger partial charge is 0.310 e. The van der Waals surface area contributed by atoms with Crippen LogP contribution in [0, 0.1) is 10.1 Å². The van der Waals surface area contributed by atoms with Crippen LogP contribution >= 0.6 is 11.6 Å². The molecule has 0 atom stereocenters. The lowest BCUT2D eigenvalue weighted by Gasteiger charge is -2.23. The highest BCUT2D eigenvalue weighted by Gasteiger charge is 2.27. The maximum absolute atomic E-state index is 12.7. The summed E-state index contributed by atoms with van der Waals surface area (Å²) in [5.41, 5.74) is 1.63. The molecular formula is C19H18ClN3O5S. The van der Waals surface area contributed by atoms with Crippen LogP contribution in [0.15, 0.2) is 47.5 Å². The number of non-ortho nitro benzene ring substituents is 1. The molecule has 1 aliphatic rings. The number of aliphatic imine (C=N–C) groups is 1. The highest BCUT2D eigenvalue weighted by Crippen LogP contribution is 2.32. The van der Waals surface area contributed by atoms with Gasteiger partial charge in [-0.15, -0.1) is 0 Å². The third-order valence-electron chi connectivity index (χ3n) is 4.44. The van der Waals surface area contributed by atoms with Crippen molar-refractivity contribution in [2.24, 2.45) is 4.99 Å². The number of hydrogen-bond acceptors (Lipinski definition) is 6. The molecular weight excluding hydrogens is 418 g/mol. The first-order chi connectivity index (χ1) is 13.7. The van der Waals surface area contributed by atoms with E-state index in [2.05, 4.69) is 4.99 Å². The van der Waals surface area contributed by atoms with Crippen molar-refractivity contribution in [2.45, 2.75) is 6.42 Å². The molecule has 1 amide bonds. The summed E-state index contributed by atoms with van der Waals surface area (Å²) in [5.74, 6) is -0.396. The summed E-state index contributed by atoms with van der Waals surface area (Å²) in [4.78, 5) is 29.3. The number of anilines is 1. The average molecular weight is 436 g/mol. The Balaban J connectivity index is 2.10. The zero-order valence-electron chi connectivity index (χ0n) is 15.5. The van der Waals surface area contributed by atoms with E-state index in [-0.39, 0.29) is 36.9 Å². The van der Waals surface area contributed by atoms with Crippen molar-refractivity contribution in [3.8, 4) is 0 Å². The number of nitro benzene ring substituents is 1. The van der Waals surface area contributed by atoms with Gasteiger partial charge in [-0.3, -0.25) is 19.9 Å². The van der Waals surface area contributed by atoms with Gasteiger partial charge in [-0.25, -0.2) is 8.42 Å². The molecule has 2 aromatic carbocycles. The van der Waals surface area contributed by atoms with Gasteiger partial charge in [0.25, 0.3) is 5.69 Å². The minimum Gasteiger partial charge on any atom is -0.310 e. The summed E-state index contributed by atoms with van der Waals surface area (Å²) in [6.45, 7) is -0.0239. The number of rotatable bonds is 6. The minimum atomic E-state index is -3.18. The number of carbonyl (C=O) groups is 1. The summed E-state index contributed by atoms with van der Waals surface area (Å²) >= 11 is 6.31. The maximum Gasteiger partial charge on any atom is 0.270 e. The molecule has 10 heteroatoms. The lowest BCUT2D eigenvalue weighted by molar-refractivity contribution is -0.384. The third-order valence-corrected chi connectivity index (χ3v) is 5.80. The number of fused-ring (bicyclic) bond motifs is 1. The van der Waals surface area contributed by atoms with Gasteiger partial charge in [-0.2, -0.15) is 0 Å². The zero-order valence-corrected chi connectivity index (χ0v) is 17.1. The van der Waals surface area contributed by atoms with E-state index in [9.17, 15) is 23.3 Å². The number of sulfone groups is 1. The molecule has 0 fully saturated rings. The molecule has 1 aliphatic heterocycles. The van der Waals surface area contributed by atoms with Gasteiger partial charge in [0.2, 0.25) is 5.91 Å². The molecule has 152 valence electrons. The monoisotopic (exact) mass is 435 g/mol. The molecule has 0 saturated heterocycles. The van der Waals surface area contributed by atoms with E-state index in [0.717, 1.165) is 6.26 Å². The van der Waals surface area contributed by atoms with Crippen LogP contribution in [0.2, 0.25) is 5.02 Å². The Bertz CT molecular complexity index is 1110. The third kappa shape index (κ3) is 4.80. The number of amides is 1. The van der Waals surface area contributed by atoms with E-state index in [4.69, 9.17) is 11.6 Å². The molecule has 0 aliphatic carbocycles. The van der Waals surface area contributed by atoms with Crippen molar-refractivity contribution in [1.29, 1.82) is 0 Å². The van der Waals surface area contributed by atoms with Gasteiger partial charge in [-0.1, -0.05) is 29.8 Å². The predicted octanol–water partition coefficient (Wildman–Crippen LogP) is 2.87. The predicted molar refractivity (Wildman–Crippen MR) is 112 cm³/mol. The van der Waals surface area contributed by atoms with E-state index in [1.54, 1.807) is 24.3 Å². The van der Waals surface area contributed by atoms with Crippen LogP contribution in [0.3, 0.4) is 0 Å². The molecule has 0 unspecified atom stereocenters. The van der Waals surface area contributed by atoms with Crippen molar-refractivity contribution in [3.63, 3.8) is 0 Å². The summed E-state index contributed by atoms with van der Waals surface area (Å²) in [5, 5.41) is 11.7. The molecule has 8 nitrogen and oxygen atoms in total. The highest BCUT2D eigenvalue weighted by molar-refractivity contribution is 7.90. The van der Waals surface area contributed by atoms with Gasteiger partial charge in [0.1, 0.15) is 16.4 Å². The first kappa shape index (κ1) is 20.9. The lowest BCUT2D eigenvalue weighted by atomic mass is 9.99. The molecule has 0 spiro atoms. The second-order valence-corrected chi connectivity index (χ2v) is 9.30. The highest BCUT2D eigenvalue weighted by atomic mass is 35.5. The Kier molecular flexibility index (Phi) is 5.99. The van der Waals surface area contributed by atoms with Crippen molar-refractivity contribution in [2.75, 3.05) is 30.0 Å². The van der Waals surface area contributed by atoms with Crippen LogP contribution in [0.4, 0.5) is 11.4 Å². The molecule has 3 rings (SSSR count). The van der Waals surface area contributed by atoms with Gasteiger partial charge >= 0.3 is 0 Å².